The van der Waals surface area contributed by atoms with Crippen LogP contribution in [0.1, 0.15) is 32.6 Å². The summed E-state index contributed by atoms with van der Waals surface area (Å²) >= 11 is 0. The Morgan fingerprint density at radius 3 is 2.79 bits per heavy atom. The summed E-state index contributed by atoms with van der Waals surface area (Å²) in [6.07, 6.45) is 6.12. The summed E-state index contributed by atoms with van der Waals surface area (Å²) in [4.78, 5) is 0. The Hall–Kier alpha value is -0.785. The first-order valence-electron chi connectivity index (χ1n) is 5.41. The van der Waals surface area contributed by atoms with Crippen molar-refractivity contribution in [2.75, 3.05) is 0 Å². The van der Waals surface area contributed by atoms with Crippen LogP contribution in [0, 0.1) is 5.82 Å². The summed E-state index contributed by atoms with van der Waals surface area (Å²) in [6.45, 7) is 2.20. The second kappa shape index (κ2) is 6.64. The predicted molar refractivity (Wildman–Crippen MR) is 60.7 cm³/mol. The third kappa shape index (κ3) is 4.45. The molecule has 1 radical (unpaired) electrons. The van der Waals surface area contributed by atoms with Crippen molar-refractivity contribution in [1.82, 2.24) is 0 Å². The van der Waals surface area contributed by atoms with Gasteiger partial charge in [0.1, 0.15) is 5.82 Å². The van der Waals surface area contributed by atoms with Crippen LogP contribution in [0.5, 0.6) is 0 Å². The van der Waals surface area contributed by atoms with Gasteiger partial charge in [0.2, 0.25) is 0 Å². The van der Waals surface area contributed by atoms with E-state index in [0.29, 0.717) is 0 Å². The first-order valence-corrected chi connectivity index (χ1v) is 5.41. The highest BCUT2D eigenvalue weighted by molar-refractivity contribution is 6.53. The van der Waals surface area contributed by atoms with E-state index < -0.39 is 0 Å². The SMILES string of the molecule is CCCCCC[B]c1cccc(F)c1. The molecule has 0 fully saturated rings. The third-order valence-corrected chi connectivity index (χ3v) is 2.29. The van der Waals surface area contributed by atoms with E-state index in [1.807, 2.05) is 6.07 Å². The molecular formula is C12H17BF. The van der Waals surface area contributed by atoms with Crippen LogP contribution in [0.2, 0.25) is 6.32 Å². The van der Waals surface area contributed by atoms with Crippen LogP contribution >= 0.6 is 0 Å². The minimum Gasteiger partial charge on any atom is -0.207 e. The van der Waals surface area contributed by atoms with E-state index in [9.17, 15) is 4.39 Å². The maximum Gasteiger partial charge on any atom is 0.151 e. The van der Waals surface area contributed by atoms with E-state index >= 15 is 0 Å². The molecule has 0 bridgehead atoms. The van der Waals surface area contributed by atoms with E-state index in [4.69, 9.17) is 0 Å². The third-order valence-electron chi connectivity index (χ3n) is 2.29. The monoisotopic (exact) mass is 191 g/mol. The van der Waals surface area contributed by atoms with E-state index in [0.717, 1.165) is 11.8 Å². The maximum absolute atomic E-state index is 12.8. The molecular weight excluding hydrogens is 174 g/mol. The first kappa shape index (κ1) is 11.3. The predicted octanol–water partition coefficient (Wildman–Crippen LogP) is 3.15. The molecule has 14 heavy (non-hydrogen) atoms. The van der Waals surface area contributed by atoms with Gasteiger partial charge in [0, 0.05) is 0 Å². The number of hydrogen-bond acceptors (Lipinski definition) is 0. The van der Waals surface area contributed by atoms with Crippen molar-refractivity contribution >= 4 is 12.7 Å². The number of benzene rings is 1. The summed E-state index contributed by atoms with van der Waals surface area (Å²) in [5.41, 5.74) is 1.00. The molecule has 1 aromatic carbocycles. The molecule has 0 aliphatic carbocycles. The molecule has 0 spiro atoms. The van der Waals surface area contributed by atoms with Gasteiger partial charge in [-0.2, -0.15) is 0 Å². The lowest BCUT2D eigenvalue weighted by Crippen LogP contribution is -2.13. The fraction of sp³-hybridized carbons (Fsp3) is 0.500. The zero-order valence-electron chi connectivity index (χ0n) is 8.80. The van der Waals surface area contributed by atoms with Crippen LogP contribution in [-0.2, 0) is 0 Å². The van der Waals surface area contributed by atoms with Crippen molar-refractivity contribution in [3.63, 3.8) is 0 Å². The van der Waals surface area contributed by atoms with Crippen molar-refractivity contribution in [2.45, 2.75) is 38.9 Å². The van der Waals surface area contributed by atoms with Crippen LogP contribution in [0.25, 0.3) is 0 Å². The van der Waals surface area contributed by atoms with Gasteiger partial charge in [-0.15, -0.1) is 0 Å². The lowest BCUT2D eigenvalue weighted by molar-refractivity contribution is 0.629. The van der Waals surface area contributed by atoms with Gasteiger partial charge in [-0.25, -0.2) is 4.39 Å². The van der Waals surface area contributed by atoms with Gasteiger partial charge in [0.25, 0.3) is 0 Å². The van der Waals surface area contributed by atoms with E-state index in [1.54, 1.807) is 12.1 Å². The molecule has 0 saturated heterocycles. The Balaban J connectivity index is 2.18. The molecule has 0 heterocycles. The molecule has 0 amide bonds. The molecule has 0 atom stereocenters. The van der Waals surface area contributed by atoms with Gasteiger partial charge in [0.05, 0.1) is 0 Å². The summed E-state index contributed by atoms with van der Waals surface area (Å²) in [7, 11) is 2.11. The van der Waals surface area contributed by atoms with Gasteiger partial charge >= 0.3 is 0 Å². The molecule has 0 nitrogen and oxygen atoms in total. The number of unbranched alkanes of at least 4 members (excludes halogenated alkanes) is 3. The highest BCUT2D eigenvalue weighted by atomic mass is 19.1. The van der Waals surface area contributed by atoms with Crippen molar-refractivity contribution in [3.8, 4) is 0 Å². The smallest absolute Gasteiger partial charge is 0.151 e. The number of rotatable bonds is 6. The molecule has 0 N–H and O–H groups in total. The van der Waals surface area contributed by atoms with Gasteiger partial charge in [0.15, 0.2) is 7.28 Å². The summed E-state index contributed by atoms with van der Waals surface area (Å²) in [5, 5.41) is 0. The van der Waals surface area contributed by atoms with Crippen LogP contribution in [0.15, 0.2) is 24.3 Å². The Labute approximate surface area is 86.8 Å². The zero-order valence-corrected chi connectivity index (χ0v) is 8.80. The van der Waals surface area contributed by atoms with Crippen molar-refractivity contribution in [3.05, 3.63) is 30.1 Å². The molecule has 0 aliphatic heterocycles. The van der Waals surface area contributed by atoms with Crippen molar-refractivity contribution in [2.24, 2.45) is 0 Å². The number of halogens is 1. The van der Waals surface area contributed by atoms with Crippen molar-refractivity contribution in [1.29, 1.82) is 0 Å². The maximum atomic E-state index is 12.8. The van der Waals surface area contributed by atoms with Gasteiger partial charge < -0.3 is 0 Å². The summed E-state index contributed by atoms with van der Waals surface area (Å²) in [5.74, 6) is -0.146. The van der Waals surface area contributed by atoms with Crippen molar-refractivity contribution < 1.29 is 4.39 Å². The fourth-order valence-corrected chi connectivity index (χ4v) is 1.47. The fourth-order valence-electron chi connectivity index (χ4n) is 1.47. The minimum absolute atomic E-state index is 0.146. The van der Waals surface area contributed by atoms with E-state index in [2.05, 4.69) is 14.2 Å². The van der Waals surface area contributed by atoms with Crippen LogP contribution in [0.4, 0.5) is 4.39 Å². The topological polar surface area (TPSA) is 0 Å². The van der Waals surface area contributed by atoms with Gasteiger partial charge in [-0.05, 0) is 12.1 Å². The Kier molecular flexibility index (Phi) is 5.35. The normalized spacial score (nSPS) is 10.1. The van der Waals surface area contributed by atoms with E-state index in [1.165, 1.54) is 31.7 Å². The average molecular weight is 191 g/mol. The molecule has 1 rings (SSSR count). The number of hydrogen-bond donors (Lipinski definition) is 0. The summed E-state index contributed by atoms with van der Waals surface area (Å²) in [6, 6.07) is 6.77. The highest BCUT2D eigenvalue weighted by Crippen LogP contribution is 2.02. The average Bonchev–Trinajstić information content (AvgIpc) is 2.18. The van der Waals surface area contributed by atoms with Crippen LogP contribution < -0.4 is 5.46 Å². The zero-order chi connectivity index (χ0) is 10.2. The van der Waals surface area contributed by atoms with Crippen LogP contribution in [0.3, 0.4) is 0 Å². The van der Waals surface area contributed by atoms with Gasteiger partial charge in [-0.3, -0.25) is 0 Å². The largest absolute Gasteiger partial charge is 0.207 e. The molecule has 0 aromatic heterocycles. The molecule has 2 heteroatoms. The molecule has 1 aromatic rings. The summed E-state index contributed by atoms with van der Waals surface area (Å²) < 4.78 is 12.8. The second-order valence-electron chi connectivity index (χ2n) is 3.61. The van der Waals surface area contributed by atoms with Gasteiger partial charge in [-0.1, -0.05) is 56.5 Å². The van der Waals surface area contributed by atoms with Crippen LogP contribution in [-0.4, -0.2) is 7.28 Å². The second-order valence-corrected chi connectivity index (χ2v) is 3.61. The van der Waals surface area contributed by atoms with E-state index in [-0.39, 0.29) is 5.82 Å². The lowest BCUT2D eigenvalue weighted by Gasteiger charge is -2.00. The Morgan fingerprint density at radius 1 is 1.21 bits per heavy atom. The molecule has 0 unspecified atom stereocenters. The highest BCUT2D eigenvalue weighted by Gasteiger charge is 1.97. The molecule has 0 saturated carbocycles. The molecule has 75 valence electrons. The molecule has 0 aliphatic rings. The standard InChI is InChI=1S/C12H17BF/c1-2-3-4-5-9-13-11-7-6-8-12(14)10-11/h6-8,10H,2-5,9H2,1H3. The lowest BCUT2D eigenvalue weighted by atomic mass is 9.66. The Morgan fingerprint density at radius 2 is 2.07 bits per heavy atom. The Bertz CT molecular complexity index is 260. The first-order chi connectivity index (χ1) is 6.83. The minimum atomic E-state index is -0.146. The quantitative estimate of drug-likeness (QED) is 0.478.